The molecule has 0 aliphatic carbocycles. The number of aromatic hydroxyl groups is 1. The number of phenols is 1. The van der Waals surface area contributed by atoms with Gasteiger partial charge in [-0.05, 0) is 36.8 Å². The van der Waals surface area contributed by atoms with Crippen LogP contribution in [0.3, 0.4) is 0 Å². The Hall–Kier alpha value is -1.91. The van der Waals surface area contributed by atoms with Crippen LogP contribution < -0.4 is 5.32 Å². The molecule has 0 aliphatic rings. The highest BCUT2D eigenvalue weighted by Gasteiger charge is 2.14. The van der Waals surface area contributed by atoms with Gasteiger partial charge in [0.2, 0.25) is 0 Å². The molecule has 0 amide bonds. The Morgan fingerprint density at radius 1 is 1.20 bits per heavy atom. The van der Waals surface area contributed by atoms with Crippen molar-refractivity contribution in [1.82, 2.24) is 0 Å². The van der Waals surface area contributed by atoms with Crippen molar-refractivity contribution in [3.05, 3.63) is 51.5 Å². The normalized spacial score (nSPS) is 10.3. The molecule has 104 valence electrons. The molecule has 0 aromatic heterocycles. The molecule has 0 unspecified atom stereocenters. The summed E-state index contributed by atoms with van der Waals surface area (Å²) in [6, 6.07) is 7.43. The standard InChI is InChI=1S/C14H11Cl2NO3/c1-7-2-4-10(15)13(12(7)16)17-11-5-3-8(18)6-9(11)14(19)20/h2-6,17-18H,1H3,(H,19,20). The van der Waals surface area contributed by atoms with Gasteiger partial charge in [0.25, 0.3) is 0 Å². The maximum atomic E-state index is 11.2. The lowest BCUT2D eigenvalue weighted by Crippen LogP contribution is -2.03. The first kappa shape index (κ1) is 14.5. The average molecular weight is 312 g/mol. The lowest BCUT2D eigenvalue weighted by atomic mass is 10.1. The van der Waals surface area contributed by atoms with Crippen molar-refractivity contribution in [2.45, 2.75) is 6.92 Å². The van der Waals surface area contributed by atoms with Gasteiger partial charge in [0.15, 0.2) is 0 Å². The minimum atomic E-state index is -1.16. The number of hydrogen-bond acceptors (Lipinski definition) is 3. The predicted molar refractivity (Wildman–Crippen MR) is 79.5 cm³/mol. The second kappa shape index (κ2) is 5.61. The lowest BCUT2D eigenvalue weighted by Gasteiger charge is -2.14. The van der Waals surface area contributed by atoms with Crippen molar-refractivity contribution in [3.63, 3.8) is 0 Å². The predicted octanol–water partition coefficient (Wildman–Crippen LogP) is 4.45. The highest BCUT2D eigenvalue weighted by Crippen LogP contribution is 2.36. The van der Waals surface area contributed by atoms with Gasteiger partial charge in [-0.2, -0.15) is 0 Å². The number of nitrogens with one attached hydrogen (secondary N) is 1. The lowest BCUT2D eigenvalue weighted by molar-refractivity contribution is 0.0697. The first-order valence-corrected chi connectivity index (χ1v) is 6.43. The average Bonchev–Trinajstić information content (AvgIpc) is 2.40. The molecule has 0 heterocycles. The second-order valence-corrected chi connectivity index (χ2v) is 5.00. The number of aryl methyl sites for hydroxylation is 1. The molecule has 0 saturated heterocycles. The number of halogens is 2. The number of anilines is 2. The van der Waals surface area contributed by atoms with Crippen molar-refractivity contribution in [1.29, 1.82) is 0 Å². The summed E-state index contributed by atoms with van der Waals surface area (Å²) in [4.78, 5) is 11.2. The molecular formula is C14H11Cl2NO3. The van der Waals surface area contributed by atoms with Crippen LogP contribution in [0.5, 0.6) is 5.75 Å². The summed E-state index contributed by atoms with van der Waals surface area (Å²) in [6.45, 7) is 1.82. The van der Waals surface area contributed by atoms with Crippen LogP contribution in [0.25, 0.3) is 0 Å². The van der Waals surface area contributed by atoms with Crippen LogP contribution in [0, 0.1) is 6.92 Å². The third-order valence-electron chi connectivity index (χ3n) is 2.78. The number of rotatable bonds is 3. The molecule has 2 aromatic carbocycles. The smallest absolute Gasteiger partial charge is 0.337 e. The third-order valence-corrected chi connectivity index (χ3v) is 3.58. The van der Waals surface area contributed by atoms with Crippen molar-refractivity contribution in [3.8, 4) is 5.75 Å². The van der Waals surface area contributed by atoms with Crippen LogP contribution in [0.1, 0.15) is 15.9 Å². The van der Waals surface area contributed by atoms with Gasteiger partial charge >= 0.3 is 5.97 Å². The number of hydrogen-bond donors (Lipinski definition) is 3. The Morgan fingerprint density at radius 2 is 1.90 bits per heavy atom. The number of carboxylic acid groups (broad SMARTS) is 1. The number of carbonyl (C=O) groups is 1. The van der Waals surface area contributed by atoms with E-state index in [-0.39, 0.29) is 11.3 Å². The molecule has 0 aliphatic heterocycles. The summed E-state index contributed by atoms with van der Waals surface area (Å²) in [5.74, 6) is -1.29. The van der Waals surface area contributed by atoms with Gasteiger partial charge in [0.05, 0.1) is 27.0 Å². The van der Waals surface area contributed by atoms with E-state index in [1.807, 2.05) is 6.92 Å². The second-order valence-electron chi connectivity index (χ2n) is 4.21. The fourth-order valence-corrected chi connectivity index (χ4v) is 2.19. The summed E-state index contributed by atoms with van der Waals surface area (Å²) < 4.78 is 0. The zero-order chi connectivity index (χ0) is 14.9. The van der Waals surface area contributed by atoms with Gasteiger partial charge in [-0.3, -0.25) is 0 Å². The molecule has 20 heavy (non-hydrogen) atoms. The van der Waals surface area contributed by atoms with E-state index in [9.17, 15) is 9.90 Å². The minimum Gasteiger partial charge on any atom is -0.508 e. The van der Waals surface area contributed by atoms with Crippen LogP contribution in [-0.2, 0) is 0 Å². The quantitative estimate of drug-likeness (QED) is 0.732. The highest BCUT2D eigenvalue weighted by molar-refractivity contribution is 6.39. The van der Waals surface area contributed by atoms with E-state index in [0.29, 0.717) is 21.4 Å². The zero-order valence-corrected chi connectivity index (χ0v) is 12.0. The van der Waals surface area contributed by atoms with Crippen LogP contribution in [-0.4, -0.2) is 16.2 Å². The van der Waals surface area contributed by atoms with E-state index in [4.69, 9.17) is 28.3 Å². The Labute approximate surface area is 125 Å². The van der Waals surface area contributed by atoms with Crippen LogP contribution >= 0.6 is 23.2 Å². The Bertz CT molecular complexity index is 686. The zero-order valence-electron chi connectivity index (χ0n) is 10.4. The van der Waals surface area contributed by atoms with E-state index in [1.54, 1.807) is 12.1 Å². The number of phenolic OH excluding ortho intramolecular Hbond substituents is 1. The molecule has 2 rings (SSSR count). The largest absolute Gasteiger partial charge is 0.508 e. The van der Waals surface area contributed by atoms with Gasteiger partial charge in [0.1, 0.15) is 5.75 Å². The summed E-state index contributed by atoms with van der Waals surface area (Å²) in [6.07, 6.45) is 0. The van der Waals surface area contributed by atoms with Crippen molar-refractivity contribution >= 4 is 40.5 Å². The number of carboxylic acids is 1. The molecule has 3 N–H and O–H groups in total. The molecule has 0 fully saturated rings. The van der Waals surface area contributed by atoms with Crippen molar-refractivity contribution in [2.24, 2.45) is 0 Å². The Balaban J connectivity index is 2.51. The van der Waals surface area contributed by atoms with Gasteiger partial charge in [-0.25, -0.2) is 4.79 Å². The van der Waals surface area contributed by atoms with E-state index in [0.717, 1.165) is 11.6 Å². The summed E-state index contributed by atoms with van der Waals surface area (Å²) in [5.41, 5.74) is 1.47. The molecule has 0 spiro atoms. The Morgan fingerprint density at radius 3 is 2.55 bits per heavy atom. The van der Waals surface area contributed by atoms with Crippen molar-refractivity contribution < 1.29 is 15.0 Å². The van der Waals surface area contributed by atoms with Crippen molar-refractivity contribution in [2.75, 3.05) is 5.32 Å². The maximum Gasteiger partial charge on any atom is 0.337 e. The first-order chi connectivity index (χ1) is 9.40. The molecule has 2 aromatic rings. The van der Waals surface area contributed by atoms with Gasteiger partial charge in [-0.1, -0.05) is 29.3 Å². The van der Waals surface area contributed by atoms with E-state index in [2.05, 4.69) is 5.32 Å². The molecule has 0 radical (unpaired) electrons. The number of benzene rings is 2. The summed E-state index contributed by atoms with van der Waals surface area (Å²) in [7, 11) is 0. The van der Waals surface area contributed by atoms with Gasteiger partial charge in [0, 0.05) is 0 Å². The van der Waals surface area contributed by atoms with Crippen LogP contribution in [0.4, 0.5) is 11.4 Å². The fourth-order valence-electron chi connectivity index (χ4n) is 1.72. The van der Waals surface area contributed by atoms with E-state index < -0.39 is 5.97 Å². The maximum absolute atomic E-state index is 11.2. The first-order valence-electron chi connectivity index (χ1n) is 5.68. The SMILES string of the molecule is Cc1ccc(Cl)c(Nc2ccc(O)cc2C(=O)O)c1Cl. The van der Waals surface area contributed by atoms with E-state index >= 15 is 0 Å². The third kappa shape index (κ3) is 2.81. The fraction of sp³-hybridized carbons (Fsp3) is 0.0714. The van der Waals surface area contributed by atoms with Crippen LogP contribution in [0.2, 0.25) is 10.0 Å². The Kier molecular flexibility index (Phi) is 4.06. The van der Waals surface area contributed by atoms with Gasteiger partial charge in [-0.15, -0.1) is 0 Å². The van der Waals surface area contributed by atoms with Gasteiger partial charge < -0.3 is 15.5 Å². The van der Waals surface area contributed by atoms with Crippen LogP contribution in [0.15, 0.2) is 30.3 Å². The monoisotopic (exact) mass is 311 g/mol. The molecular weight excluding hydrogens is 301 g/mol. The van der Waals surface area contributed by atoms with E-state index in [1.165, 1.54) is 12.1 Å². The summed E-state index contributed by atoms with van der Waals surface area (Å²) in [5, 5.41) is 22.2. The molecule has 0 bridgehead atoms. The molecule has 6 heteroatoms. The molecule has 4 nitrogen and oxygen atoms in total. The number of aromatic carboxylic acids is 1. The highest BCUT2D eigenvalue weighted by atomic mass is 35.5. The summed E-state index contributed by atoms with van der Waals surface area (Å²) >= 11 is 12.2. The molecule has 0 atom stereocenters. The topological polar surface area (TPSA) is 69.6 Å². The molecule has 0 saturated carbocycles. The minimum absolute atomic E-state index is 0.0707.